The van der Waals surface area contributed by atoms with Crippen LogP contribution in [0, 0.1) is 0 Å². The summed E-state index contributed by atoms with van der Waals surface area (Å²) in [6, 6.07) is 0. The molecule has 1 heterocycles. The lowest BCUT2D eigenvalue weighted by Crippen LogP contribution is -2.32. The van der Waals surface area contributed by atoms with Crippen LogP contribution in [0.2, 0.25) is 5.15 Å². The summed E-state index contributed by atoms with van der Waals surface area (Å²) in [6.07, 6.45) is 1.50. The molecule has 0 bridgehead atoms. The van der Waals surface area contributed by atoms with Crippen LogP contribution >= 0.6 is 11.6 Å². The number of ether oxygens (including phenoxy) is 2. The number of halogens is 1. The second-order valence-corrected chi connectivity index (χ2v) is 4.89. The molecule has 19 heavy (non-hydrogen) atoms. The van der Waals surface area contributed by atoms with Gasteiger partial charge in [0, 0.05) is 32.9 Å². The molecule has 0 spiro atoms. The van der Waals surface area contributed by atoms with Crippen LogP contribution in [0.3, 0.4) is 0 Å². The molecular formula is C13H22ClN3O2. The van der Waals surface area contributed by atoms with Gasteiger partial charge >= 0.3 is 0 Å². The fraction of sp³-hybridized carbons (Fsp3) is 0.692. The van der Waals surface area contributed by atoms with Crippen LogP contribution in [-0.4, -0.2) is 50.5 Å². The summed E-state index contributed by atoms with van der Waals surface area (Å²) in [5.41, 5.74) is 0.969. The minimum absolute atomic E-state index is 0.260. The highest BCUT2D eigenvalue weighted by atomic mass is 35.5. The Hall–Kier alpha value is -0.910. The Morgan fingerprint density at radius 2 is 1.74 bits per heavy atom. The van der Waals surface area contributed by atoms with E-state index >= 15 is 0 Å². The van der Waals surface area contributed by atoms with Crippen molar-refractivity contribution in [2.45, 2.75) is 19.8 Å². The van der Waals surface area contributed by atoms with Crippen molar-refractivity contribution in [1.29, 1.82) is 0 Å². The van der Waals surface area contributed by atoms with Crippen LogP contribution in [-0.2, 0) is 9.47 Å². The average Bonchev–Trinajstić information content (AvgIpc) is 2.38. The number of aromatic nitrogens is 2. The minimum atomic E-state index is 0.260. The monoisotopic (exact) mass is 287 g/mol. The summed E-state index contributed by atoms with van der Waals surface area (Å²) in [6.45, 7) is 6.91. The van der Waals surface area contributed by atoms with E-state index in [1.807, 2.05) is 0 Å². The van der Waals surface area contributed by atoms with Crippen molar-refractivity contribution in [2.24, 2.45) is 0 Å². The number of nitrogens with zero attached hydrogens (tertiary/aromatic N) is 3. The maximum absolute atomic E-state index is 6.20. The topological polar surface area (TPSA) is 47.5 Å². The van der Waals surface area contributed by atoms with Crippen LogP contribution in [0.15, 0.2) is 6.33 Å². The fourth-order valence-corrected chi connectivity index (χ4v) is 2.19. The summed E-state index contributed by atoms with van der Waals surface area (Å²) >= 11 is 6.20. The third-order valence-electron chi connectivity index (χ3n) is 2.82. The van der Waals surface area contributed by atoms with Gasteiger partial charge in [-0.15, -0.1) is 0 Å². The van der Waals surface area contributed by atoms with Gasteiger partial charge in [0.15, 0.2) is 0 Å². The van der Waals surface area contributed by atoms with Gasteiger partial charge in [0.1, 0.15) is 17.3 Å². The van der Waals surface area contributed by atoms with Gasteiger partial charge in [0.05, 0.1) is 13.2 Å². The van der Waals surface area contributed by atoms with Crippen LogP contribution in [0.4, 0.5) is 5.82 Å². The van der Waals surface area contributed by atoms with E-state index in [0.717, 1.165) is 24.5 Å². The molecule has 0 aromatic carbocycles. The second-order valence-electron chi connectivity index (χ2n) is 4.53. The van der Waals surface area contributed by atoms with Gasteiger partial charge in [-0.2, -0.15) is 0 Å². The lowest BCUT2D eigenvalue weighted by atomic mass is 10.1. The molecule has 1 aromatic rings. The standard InChI is InChI=1S/C13H22ClN3O2/c1-10(2)11-12(14)15-9-16-13(11)17(5-7-18-3)6-8-19-4/h9-10H,5-8H2,1-4H3. The number of rotatable bonds is 8. The largest absolute Gasteiger partial charge is 0.383 e. The molecule has 108 valence electrons. The fourth-order valence-electron chi connectivity index (χ4n) is 1.84. The summed E-state index contributed by atoms with van der Waals surface area (Å²) in [5, 5.41) is 0.514. The smallest absolute Gasteiger partial charge is 0.138 e. The Balaban J connectivity index is 3.02. The Kier molecular flexibility index (Phi) is 7.05. The number of methoxy groups -OCH3 is 2. The molecule has 0 aliphatic rings. The van der Waals surface area contributed by atoms with Crippen molar-refractivity contribution < 1.29 is 9.47 Å². The molecule has 0 atom stereocenters. The molecular weight excluding hydrogens is 266 g/mol. The molecule has 0 aliphatic heterocycles. The first-order valence-corrected chi connectivity index (χ1v) is 6.72. The molecule has 0 fully saturated rings. The van der Waals surface area contributed by atoms with Crippen molar-refractivity contribution in [3.8, 4) is 0 Å². The summed E-state index contributed by atoms with van der Waals surface area (Å²) in [4.78, 5) is 10.6. The highest BCUT2D eigenvalue weighted by Crippen LogP contribution is 2.30. The number of anilines is 1. The predicted octanol–water partition coefficient (Wildman–Crippen LogP) is 2.35. The molecule has 0 radical (unpaired) electrons. The van der Waals surface area contributed by atoms with E-state index in [0.29, 0.717) is 18.4 Å². The van der Waals surface area contributed by atoms with Crippen LogP contribution in [0.25, 0.3) is 0 Å². The predicted molar refractivity (Wildman–Crippen MR) is 77.1 cm³/mol. The van der Waals surface area contributed by atoms with E-state index in [1.54, 1.807) is 14.2 Å². The Bertz CT molecular complexity index is 380. The zero-order valence-corrected chi connectivity index (χ0v) is 12.8. The van der Waals surface area contributed by atoms with E-state index in [1.165, 1.54) is 6.33 Å². The maximum Gasteiger partial charge on any atom is 0.138 e. The Labute approximate surface area is 119 Å². The van der Waals surface area contributed by atoms with Gasteiger partial charge in [0.2, 0.25) is 0 Å². The van der Waals surface area contributed by atoms with E-state index < -0.39 is 0 Å². The molecule has 1 rings (SSSR count). The van der Waals surface area contributed by atoms with Crippen LogP contribution in [0.5, 0.6) is 0 Å². The van der Waals surface area contributed by atoms with Crippen LogP contribution in [0.1, 0.15) is 25.3 Å². The first kappa shape index (κ1) is 16.1. The maximum atomic E-state index is 6.20. The molecule has 1 aromatic heterocycles. The Morgan fingerprint density at radius 3 is 2.21 bits per heavy atom. The lowest BCUT2D eigenvalue weighted by molar-refractivity contribution is 0.190. The first-order valence-electron chi connectivity index (χ1n) is 6.35. The van der Waals surface area contributed by atoms with Gasteiger partial charge in [-0.1, -0.05) is 25.4 Å². The normalized spacial score (nSPS) is 11.1. The summed E-state index contributed by atoms with van der Waals surface area (Å²) < 4.78 is 10.3. The van der Waals surface area contributed by atoms with Crippen LogP contribution < -0.4 is 4.90 Å². The summed E-state index contributed by atoms with van der Waals surface area (Å²) in [5.74, 6) is 1.13. The molecule has 0 unspecified atom stereocenters. The highest BCUT2D eigenvalue weighted by Gasteiger charge is 2.18. The first-order chi connectivity index (χ1) is 9.11. The Morgan fingerprint density at radius 1 is 1.16 bits per heavy atom. The van der Waals surface area contributed by atoms with Crippen molar-refractivity contribution in [3.05, 3.63) is 17.0 Å². The second kappa shape index (κ2) is 8.30. The van der Waals surface area contributed by atoms with Gasteiger partial charge in [-0.25, -0.2) is 9.97 Å². The van der Waals surface area contributed by atoms with E-state index in [2.05, 4.69) is 28.7 Å². The van der Waals surface area contributed by atoms with Gasteiger partial charge in [-0.05, 0) is 5.92 Å². The number of hydrogen-bond acceptors (Lipinski definition) is 5. The van der Waals surface area contributed by atoms with Crippen molar-refractivity contribution in [2.75, 3.05) is 45.4 Å². The number of hydrogen-bond donors (Lipinski definition) is 0. The SMILES string of the molecule is COCCN(CCOC)c1ncnc(Cl)c1C(C)C. The van der Waals surface area contributed by atoms with Crippen molar-refractivity contribution >= 4 is 17.4 Å². The molecule has 0 saturated heterocycles. The van der Waals surface area contributed by atoms with E-state index in [4.69, 9.17) is 21.1 Å². The molecule has 6 heteroatoms. The van der Waals surface area contributed by atoms with E-state index in [9.17, 15) is 0 Å². The minimum Gasteiger partial charge on any atom is -0.383 e. The van der Waals surface area contributed by atoms with Gasteiger partial charge < -0.3 is 14.4 Å². The van der Waals surface area contributed by atoms with Gasteiger partial charge in [0.25, 0.3) is 0 Å². The molecule has 0 saturated carbocycles. The molecule has 0 amide bonds. The van der Waals surface area contributed by atoms with Gasteiger partial charge in [-0.3, -0.25) is 0 Å². The van der Waals surface area contributed by atoms with Crippen molar-refractivity contribution in [3.63, 3.8) is 0 Å². The van der Waals surface area contributed by atoms with Crippen molar-refractivity contribution in [1.82, 2.24) is 9.97 Å². The quantitative estimate of drug-likeness (QED) is 0.687. The zero-order valence-electron chi connectivity index (χ0n) is 12.0. The molecule has 5 nitrogen and oxygen atoms in total. The zero-order chi connectivity index (χ0) is 14.3. The van der Waals surface area contributed by atoms with E-state index in [-0.39, 0.29) is 5.92 Å². The third-order valence-corrected chi connectivity index (χ3v) is 3.12. The highest BCUT2D eigenvalue weighted by molar-refractivity contribution is 6.30. The average molecular weight is 288 g/mol. The molecule has 0 aliphatic carbocycles. The summed E-state index contributed by atoms with van der Waals surface area (Å²) in [7, 11) is 3.37. The lowest BCUT2D eigenvalue weighted by Gasteiger charge is -2.26. The molecule has 0 N–H and O–H groups in total. The third kappa shape index (κ3) is 4.60.